The molecule has 0 aliphatic carbocycles. The standard InChI is InChI=1S/C6H16N2.ClH.Na/c1-5(2,7)6(3,4)8;;/h7-8H2,1-4H3;1H;/q;;+1/p-1. The Morgan fingerprint density at radius 3 is 0.900 bits per heavy atom. The number of hydrogen-bond acceptors (Lipinski definition) is 2. The van der Waals surface area contributed by atoms with E-state index in [0.717, 1.165) is 0 Å². The maximum absolute atomic E-state index is 5.69. The summed E-state index contributed by atoms with van der Waals surface area (Å²) < 4.78 is 0. The summed E-state index contributed by atoms with van der Waals surface area (Å²) in [7, 11) is 0. The van der Waals surface area contributed by atoms with Crippen molar-refractivity contribution < 1.29 is 42.0 Å². The first-order chi connectivity index (χ1) is 3.25. The summed E-state index contributed by atoms with van der Waals surface area (Å²) in [6.07, 6.45) is 0. The molecule has 2 nitrogen and oxygen atoms in total. The van der Waals surface area contributed by atoms with Gasteiger partial charge in [0.2, 0.25) is 0 Å². The fourth-order valence-corrected chi connectivity index (χ4v) is 0. The zero-order valence-electron chi connectivity index (χ0n) is 7.53. The Kier molecular flexibility index (Phi) is 8.60. The van der Waals surface area contributed by atoms with Crippen LogP contribution in [-0.2, 0) is 0 Å². The second-order valence-corrected chi connectivity index (χ2v) is 3.44. The monoisotopic (exact) mass is 174 g/mol. The zero-order valence-corrected chi connectivity index (χ0v) is 10.3. The molecular weight excluding hydrogens is 159 g/mol. The van der Waals surface area contributed by atoms with Crippen molar-refractivity contribution >= 4 is 0 Å². The number of halogens is 1. The molecule has 0 rings (SSSR count). The quantitative estimate of drug-likeness (QED) is 0.390. The van der Waals surface area contributed by atoms with Crippen LogP contribution in [0.3, 0.4) is 0 Å². The summed E-state index contributed by atoms with van der Waals surface area (Å²) >= 11 is 0. The van der Waals surface area contributed by atoms with Gasteiger partial charge in [-0.2, -0.15) is 0 Å². The molecule has 4 N–H and O–H groups in total. The second-order valence-electron chi connectivity index (χ2n) is 3.44. The summed E-state index contributed by atoms with van der Waals surface area (Å²) in [6, 6.07) is 0. The molecule has 0 fully saturated rings. The molecule has 0 radical (unpaired) electrons. The number of nitrogens with two attached hydrogens (primary N) is 2. The molecule has 0 amide bonds. The molecule has 0 aromatic rings. The molecule has 0 aliphatic rings. The van der Waals surface area contributed by atoms with Crippen LogP contribution in [-0.4, -0.2) is 11.1 Å². The van der Waals surface area contributed by atoms with Gasteiger partial charge in [0.25, 0.3) is 0 Å². The molecule has 0 saturated heterocycles. The molecule has 0 bridgehead atoms. The minimum absolute atomic E-state index is 0. The van der Waals surface area contributed by atoms with Crippen LogP contribution in [0, 0.1) is 0 Å². The Morgan fingerprint density at radius 2 is 0.900 bits per heavy atom. The molecule has 4 heteroatoms. The van der Waals surface area contributed by atoms with Gasteiger partial charge >= 0.3 is 29.6 Å². The Hall–Kier alpha value is 1.21. The van der Waals surface area contributed by atoms with Gasteiger partial charge in [-0.1, -0.05) is 0 Å². The topological polar surface area (TPSA) is 52.0 Å². The van der Waals surface area contributed by atoms with E-state index in [-0.39, 0.29) is 53.0 Å². The summed E-state index contributed by atoms with van der Waals surface area (Å²) in [4.78, 5) is 0. The van der Waals surface area contributed by atoms with Gasteiger partial charge < -0.3 is 23.9 Å². The average Bonchev–Trinajstić information content (AvgIpc) is 1.25. The molecule has 0 aromatic heterocycles. The molecule has 0 saturated carbocycles. The van der Waals surface area contributed by atoms with Crippen LogP contribution in [0.25, 0.3) is 0 Å². The molecule has 0 aliphatic heterocycles. The largest absolute Gasteiger partial charge is 1.00 e. The predicted molar refractivity (Wildman–Crippen MR) is 36.5 cm³/mol. The Morgan fingerprint density at radius 1 is 0.800 bits per heavy atom. The first-order valence-corrected chi connectivity index (χ1v) is 2.83. The average molecular weight is 175 g/mol. The van der Waals surface area contributed by atoms with E-state index in [1.165, 1.54) is 0 Å². The van der Waals surface area contributed by atoms with Crippen LogP contribution in [0.15, 0.2) is 0 Å². The van der Waals surface area contributed by atoms with Crippen LogP contribution in [0.2, 0.25) is 0 Å². The second kappa shape index (κ2) is 4.96. The van der Waals surface area contributed by atoms with Gasteiger partial charge in [-0.3, -0.25) is 0 Å². The van der Waals surface area contributed by atoms with E-state index in [4.69, 9.17) is 11.5 Å². The zero-order chi connectivity index (χ0) is 7.00. The van der Waals surface area contributed by atoms with Gasteiger partial charge in [0.15, 0.2) is 0 Å². The van der Waals surface area contributed by atoms with E-state index >= 15 is 0 Å². The number of rotatable bonds is 1. The molecule has 0 atom stereocenters. The van der Waals surface area contributed by atoms with Crippen LogP contribution < -0.4 is 53.4 Å². The summed E-state index contributed by atoms with van der Waals surface area (Å²) in [5.41, 5.74) is 10.8. The van der Waals surface area contributed by atoms with E-state index < -0.39 is 0 Å². The maximum Gasteiger partial charge on any atom is 1.00 e. The van der Waals surface area contributed by atoms with Crippen molar-refractivity contribution in [2.75, 3.05) is 0 Å². The van der Waals surface area contributed by atoms with Crippen molar-refractivity contribution in [1.29, 1.82) is 0 Å². The summed E-state index contributed by atoms with van der Waals surface area (Å²) in [5.74, 6) is 0. The predicted octanol–water partition coefficient (Wildman–Crippen LogP) is -5.53. The number of hydrogen-bond donors (Lipinski definition) is 2. The SMILES string of the molecule is CC(C)(N)C(C)(C)N.[Cl-].[Na+]. The van der Waals surface area contributed by atoms with Gasteiger partial charge in [0.05, 0.1) is 0 Å². The molecule has 0 aromatic carbocycles. The van der Waals surface area contributed by atoms with Gasteiger partial charge in [0, 0.05) is 11.1 Å². The van der Waals surface area contributed by atoms with E-state index in [0.29, 0.717) is 0 Å². The van der Waals surface area contributed by atoms with E-state index in [9.17, 15) is 0 Å². The fourth-order valence-electron chi connectivity index (χ4n) is 0. The fraction of sp³-hybridized carbons (Fsp3) is 1.00. The Balaban J connectivity index is -0.000000245. The third-order valence-electron chi connectivity index (χ3n) is 1.66. The summed E-state index contributed by atoms with van der Waals surface area (Å²) in [6.45, 7) is 7.69. The van der Waals surface area contributed by atoms with E-state index in [1.807, 2.05) is 27.7 Å². The molecule has 58 valence electrons. The minimum atomic E-state index is -0.285. The van der Waals surface area contributed by atoms with Crippen molar-refractivity contribution in [3.63, 3.8) is 0 Å². The van der Waals surface area contributed by atoms with Crippen LogP contribution in [0.5, 0.6) is 0 Å². The molecule has 0 spiro atoms. The van der Waals surface area contributed by atoms with E-state index in [2.05, 4.69) is 0 Å². The molecule has 0 heterocycles. The van der Waals surface area contributed by atoms with E-state index in [1.54, 1.807) is 0 Å². The third kappa shape index (κ3) is 5.96. The van der Waals surface area contributed by atoms with Gasteiger partial charge in [-0.05, 0) is 27.7 Å². The van der Waals surface area contributed by atoms with Crippen LogP contribution in [0.4, 0.5) is 0 Å². The smallest absolute Gasteiger partial charge is 1.00 e. The summed E-state index contributed by atoms with van der Waals surface area (Å²) in [5, 5.41) is 0. The first kappa shape index (κ1) is 17.3. The Bertz CT molecular complexity index is 70.7. The van der Waals surface area contributed by atoms with Crippen LogP contribution in [0.1, 0.15) is 27.7 Å². The third-order valence-corrected chi connectivity index (χ3v) is 1.66. The van der Waals surface area contributed by atoms with Gasteiger partial charge in [0.1, 0.15) is 0 Å². The molecular formula is C6H16ClN2Na. The van der Waals surface area contributed by atoms with Gasteiger partial charge in [-0.25, -0.2) is 0 Å². The van der Waals surface area contributed by atoms with Crippen LogP contribution >= 0.6 is 0 Å². The first-order valence-electron chi connectivity index (χ1n) is 2.83. The molecule has 0 unspecified atom stereocenters. The minimum Gasteiger partial charge on any atom is -1.00 e. The van der Waals surface area contributed by atoms with Crippen molar-refractivity contribution in [1.82, 2.24) is 0 Å². The van der Waals surface area contributed by atoms with Crippen molar-refractivity contribution in [3.05, 3.63) is 0 Å². The Labute approximate surface area is 91.8 Å². The molecule has 10 heavy (non-hydrogen) atoms. The van der Waals surface area contributed by atoms with Crippen molar-refractivity contribution in [2.45, 2.75) is 38.8 Å². The maximum atomic E-state index is 5.69. The van der Waals surface area contributed by atoms with Gasteiger partial charge in [-0.15, -0.1) is 0 Å². The van der Waals surface area contributed by atoms with Crippen molar-refractivity contribution in [3.8, 4) is 0 Å². The van der Waals surface area contributed by atoms with Crippen molar-refractivity contribution in [2.24, 2.45) is 11.5 Å². The normalized spacial score (nSPS) is 11.4.